The van der Waals surface area contributed by atoms with Gasteiger partial charge >= 0.3 is 6.36 Å². The number of halogens is 3. The average molecular weight is 505 g/mol. The van der Waals surface area contributed by atoms with Crippen molar-refractivity contribution in [3.63, 3.8) is 0 Å². The molecule has 1 saturated carbocycles. The highest BCUT2D eigenvalue weighted by Gasteiger charge is 2.37. The van der Waals surface area contributed by atoms with Crippen LogP contribution < -0.4 is 9.88 Å². The van der Waals surface area contributed by atoms with Crippen LogP contribution in [0.4, 0.5) is 13.2 Å². The Kier molecular flexibility index (Phi) is 5.77. The van der Waals surface area contributed by atoms with Crippen molar-refractivity contribution in [2.24, 2.45) is 5.14 Å². The van der Waals surface area contributed by atoms with Crippen LogP contribution in [0, 0.1) is 0 Å². The molecule has 6 nitrogen and oxygen atoms in total. The number of para-hydroxylation sites is 2. The molecule has 3 N–H and O–H groups in total. The molecule has 1 heterocycles. The van der Waals surface area contributed by atoms with Gasteiger partial charge in [0.15, 0.2) is 5.75 Å². The molecule has 0 spiro atoms. The van der Waals surface area contributed by atoms with Gasteiger partial charge in [-0.15, -0.1) is 13.2 Å². The van der Waals surface area contributed by atoms with E-state index >= 15 is 0 Å². The number of hydrogen-bond acceptors (Lipinski definition) is 4. The van der Waals surface area contributed by atoms with Crippen molar-refractivity contribution in [3.8, 4) is 11.4 Å². The Morgan fingerprint density at radius 2 is 1.43 bits per heavy atom. The number of nitrogens with zero attached hydrogens (tertiary/aromatic N) is 1. The van der Waals surface area contributed by atoms with Gasteiger partial charge < -0.3 is 14.4 Å². The first-order valence-corrected chi connectivity index (χ1v) is 12.7. The molecule has 1 aliphatic rings. The molecule has 0 aliphatic heterocycles. The Morgan fingerprint density at radius 3 is 1.94 bits per heavy atom. The topological polar surface area (TPSA) is 94.5 Å². The first-order chi connectivity index (χ1) is 16.5. The standard InChI is InChI=1S/C25H23F3N2O4S/c26-25(27,28)34-21-13-14-22(35(29,32)33)23(15-9-11-16(31)12-10-15)24(21)30-19-7-3-1-5-17(19)18-6-2-4-8-20(18)30/h1-8,13-16,31H,9-12H2,(H2,29,32,33). The predicted octanol–water partition coefficient (Wildman–Crippen LogP) is 5.35. The number of ether oxygens (including phenoxy) is 1. The maximum Gasteiger partial charge on any atom is 0.573 e. The minimum absolute atomic E-state index is 0.00682. The fraction of sp³-hybridized carbons (Fsp3) is 0.280. The van der Waals surface area contributed by atoms with Crippen molar-refractivity contribution < 1.29 is 31.4 Å². The lowest BCUT2D eigenvalue weighted by atomic mass is 9.81. The molecule has 5 rings (SSSR count). The van der Waals surface area contributed by atoms with Gasteiger partial charge in [-0.25, -0.2) is 13.6 Å². The summed E-state index contributed by atoms with van der Waals surface area (Å²) in [5, 5.41) is 17.2. The molecule has 0 radical (unpaired) electrons. The number of nitrogens with two attached hydrogens (primary N) is 1. The Hall–Kier alpha value is -3.08. The number of aliphatic hydroxyl groups excluding tert-OH is 1. The zero-order valence-corrected chi connectivity index (χ0v) is 19.3. The van der Waals surface area contributed by atoms with Gasteiger partial charge in [-0.2, -0.15) is 0 Å². The van der Waals surface area contributed by atoms with E-state index in [2.05, 4.69) is 4.74 Å². The summed E-state index contributed by atoms with van der Waals surface area (Å²) in [6.45, 7) is 0. The number of aliphatic hydroxyl groups is 1. The number of sulfonamides is 1. The van der Waals surface area contributed by atoms with Gasteiger partial charge in [0.1, 0.15) is 0 Å². The summed E-state index contributed by atoms with van der Waals surface area (Å²) in [4.78, 5) is -0.245. The molecular weight excluding hydrogens is 481 g/mol. The van der Waals surface area contributed by atoms with E-state index in [1.807, 2.05) is 24.3 Å². The third kappa shape index (κ3) is 4.37. The first-order valence-electron chi connectivity index (χ1n) is 11.2. The monoisotopic (exact) mass is 504 g/mol. The van der Waals surface area contributed by atoms with E-state index in [1.165, 1.54) is 0 Å². The minimum atomic E-state index is -5.00. The van der Waals surface area contributed by atoms with Gasteiger partial charge in [-0.05, 0) is 55.9 Å². The summed E-state index contributed by atoms with van der Waals surface area (Å²) < 4.78 is 72.0. The van der Waals surface area contributed by atoms with Crippen molar-refractivity contribution in [2.75, 3.05) is 0 Å². The first kappa shape index (κ1) is 23.7. The lowest BCUT2D eigenvalue weighted by molar-refractivity contribution is -0.274. The summed E-state index contributed by atoms with van der Waals surface area (Å²) >= 11 is 0. The Morgan fingerprint density at radius 1 is 0.886 bits per heavy atom. The lowest BCUT2D eigenvalue weighted by Gasteiger charge is -2.30. The maximum atomic E-state index is 13.5. The van der Waals surface area contributed by atoms with E-state index in [0.29, 0.717) is 36.7 Å². The summed E-state index contributed by atoms with van der Waals surface area (Å²) in [6.07, 6.45) is -3.98. The molecular formula is C25H23F3N2O4S. The van der Waals surface area contributed by atoms with Gasteiger partial charge in [-0.3, -0.25) is 0 Å². The highest BCUT2D eigenvalue weighted by Crippen LogP contribution is 2.46. The fourth-order valence-corrected chi connectivity index (χ4v) is 6.01. The van der Waals surface area contributed by atoms with Crippen molar-refractivity contribution >= 4 is 31.8 Å². The number of benzene rings is 3. The van der Waals surface area contributed by atoms with Crippen LogP contribution in [0.5, 0.6) is 5.75 Å². The van der Waals surface area contributed by atoms with Crippen molar-refractivity contribution in [3.05, 3.63) is 66.2 Å². The maximum absolute atomic E-state index is 13.5. The second kappa shape index (κ2) is 8.54. The van der Waals surface area contributed by atoms with E-state index in [0.717, 1.165) is 22.9 Å². The summed E-state index contributed by atoms with van der Waals surface area (Å²) in [7, 11) is -4.29. The number of fused-ring (bicyclic) bond motifs is 3. The van der Waals surface area contributed by atoms with Gasteiger partial charge in [0, 0.05) is 16.3 Å². The second-order valence-electron chi connectivity index (χ2n) is 8.79. The highest BCUT2D eigenvalue weighted by atomic mass is 32.2. The molecule has 0 bridgehead atoms. The number of aromatic nitrogens is 1. The fourth-order valence-electron chi connectivity index (χ4n) is 5.18. The lowest BCUT2D eigenvalue weighted by Crippen LogP contribution is -2.24. The third-order valence-electron chi connectivity index (χ3n) is 6.58. The molecule has 0 atom stereocenters. The molecule has 35 heavy (non-hydrogen) atoms. The normalized spacial score (nSPS) is 19.3. The van der Waals surface area contributed by atoms with E-state index in [-0.39, 0.29) is 16.1 Å². The highest BCUT2D eigenvalue weighted by molar-refractivity contribution is 7.89. The van der Waals surface area contributed by atoms with Gasteiger partial charge in [-0.1, -0.05) is 36.4 Å². The molecule has 10 heteroatoms. The Bertz CT molecular complexity index is 1470. The molecule has 1 fully saturated rings. The molecule has 0 unspecified atom stereocenters. The van der Waals surface area contributed by atoms with E-state index in [9.17, 15) is 26.7 Å². The minimum Gasteiger partial charge on any atom is -0.404 e. The van der Waals surface area contributed by atoms with Gasteiger partial charge in [0.2, 0.25) is 10.0 Å². The number of alkyl halides is 3. The molecule has 0 saturated heterocycles. The number of rotatable bonds is 4. The summed E-state index contributed by atoms with van der Waals surface area (Å²) in [6, 6.07) is 16.5. The van der Waals surface area contributed by atoms with Crippen LogP contribution in [0.25, 0.3) is 27.5 Å². The Labute approximate surface area is 199 Å². The van der Waals surface area contributed by atoms with Crippen molar-refractivity contribution in [1.29, 1.82) is 0 Å². The number of hydrogen-bond donors (Lipinski definition) is 2. The van der Waals surface area contributed by atoms with Crippen molar-refractivity contribution in [1.82, 2.24) is 4.57 Å². The zero-order valence-electron chi connectivity index (χ0n) is 18.5. The van der Waals surface area contributed by atoms with Crippen LogP contribution in [0.2, 0.25) is 0 Å². The van der Waals surface area contributed by atoms with Gasteiger partial charge in [0.25, 0.3) is 0 Å². The zero-order chi connectivity index (χ0) is 25.0. The van der Waals surface area contributed by atoms with Crippen LogP contribution in [-0.2, 0) is 10.0 Å². The van der Waals surface area contributed by atoms with E-state index in [1.54, 1.807) is 28.8 Å². The summed E-state index contributed by atoms with van der Waals surface area (Å²) in [5.74, 6) is -0.962. The Balaban J connectivity index is 1.94. The average Bonchev–Trinajstić information content (AvgIpc) is 3.12. The smallest absolute Gasteiger partial charge is 0.404 e. The third-order valence-corrected chi connectivity index (χ3v) is 7.55. The van der Waals surface area contributed by atoms with Gasteiger partial charge in [0.05, 0.1) is 27.7 Å². The summed E-state index contributed by atoms with van der Waals surface area (Å²) in [5.41, 5.74) is 1.37. The molecule has 3 aromatic carbocycles. The second-order valence-corrected chi connectivity index (χ2v) is 10.3. The van der Waals surface area contributed by atoms with Crippen LogP contribution in [0.1, 0.15) is 37.2 Å². The molecule has 1 aromatic heterocycles. The largest absolute Gasteiger partial charge is 0.573 e. The molecule has 1 aliphatic carbocycles. The van der Waals surface area contributed by atoms with E-state index < -0.39 is 34.2 Å². The van der Waals surface area contributed by atoms with Crippen molar-refractivity contribution in [2.45, 2.75) is 49.0 Å². The predicted molar refractivity (Wildman–Crippen MR) is 126 cm³/mol. The van der Waals surface area contributed by atoms with Crippen LogP contribution >= 0.6 is 0 Å². The quantitative estimate of drug-likeness (QED) is 0.392. The molecule has 184 valence electrons. The molecule has 0 amide bonds. The van der Waals surface area contributed by atoms with E-state index in [4.69, 9.17) is 5.14 Å². The number of primary sulfonamides is 1. The van der Waals surface area contributed by atoms with Crippen LogP contribution in [0.15, 0.2) is 65.6 Å². The SMILES string of the molecule is NS(=O)(=O)c1ccc(OC(F)(F)F)c(-n2c3ccccc3c3ccccc32)c1C1CCC(O)CC1. The van der Waals surface area contributed by atoms with Crippen LogP contribution in [-0.4, -0.2) is 30.6 Å². The van der Waals surface area contributed by atoms with Crippen LogP contribution in [0.3, 0.4) is 0 Å². The molecule has 4 aromatic rings.